The monoisotopic (exact) mass is 170 g/mol. The molecule has 1 saturated carbocycles. The van der Waals surface area contributed by atoms with Crippen molar-refractivity contribution >= 4 is 0 Å². The average molecular weight is 170 g/mol. The summed E-state index contributed by atoms with van der Waals surface area (Å²) >= 11 is 0. The van der Waals surface area contributed by atoms with Crippen LogP contribution in [0.25, 0.3) is 0 Å². The Kier molecular flexibility index (Phi) is 3.16. The SMILES string of the molecule is CCCCC(CC)C1(O)CC1C. The van der Waals surface area contributed by atoms with Gasteiger partial charge in [0.05, 0.1) is 5.60 Å². The highest BCUT2D eigenvalue weighted by molar-refractivity contribution is 5.04. The second-order valence-electron chi connectivity index (χ2n) is 4.34. The van der Waals surface area contributed by atoms with E-state index in [1.807, 2.05) is 0 Å². The van der Waals surface area contributed by atoms with E-state index in [1.165, 1.54) is 19.3 Å². The van der Waals surface area contributed by atoms with Crippen molar-refractivity contribution in [3.05, 3.63) is 0 Å². The summed E-state index contributed by atoms with van der Waals surface area (Å²) in [6.45, 7) is 6.57. The number of rotatable bonds is 5. The molecule has 0 bridgehead atoms. The normalized spacial score (nSPS) is 36.5. The Morgan fingerprint density at radius 2 is 2.08 bits per heavy atom. The minimum absolute atomic E-state index is 0.274. The van der Waals surface area contributed by atoms with E-state index in [0.717, 1.165) is 12.8 Å². The quantitative estimate of drug-likeness (QED) is 0.672. The minimum Gasteiger partial charge on any atom is -0.389 e. The maximum Gasteiger partial charge on any atom is 0.0705 e. The van der Waals surface area contributed by atoms with Gasteiger partial charge in [-0.05, 0) is 24.7 Å². The molecule has 72 valence electrons. The third-order valence-corrected chi connectivity index (χ3v) is 3.43. The van der Waals surface area contributed by atoms with Gasteiger partial charge in [-0.15, -0.1) is 0 Å². The molecular formula is C11H22O. The van der Waals surface area contributed by atoms with Crippen molar-refractivity contribution < 1.29 is 5.11 Å². The fourth-order valence-corrected chi connectivity index (χ4v) is 2.26. The Balaban J connectivity index is 2.35. The highest BCUT2D eigenvalue weighted by Crippen LogP contribution is 2.51. The van der Waals surface area contributed by atoms with Crippen molar-refractivity contribution in [3.63, 3.8) is 0 Å². The van der Waals surface area contributed by atoms with Gasteiger partial charge in [0, 0.05) is 0 Å². The van der Waals surface area contributed by atoms with Crippen LogP contribution in [0.15, 0.2) is 0 Å². The lowest BCUT2D eigenvalue weighted by atomic mass is 9.90. The summed E-state index contributed by atoms with van der Waals surface area (Å²) < 4.78 is 0. The smallest absolute Gasteiger partial charge is 0.0705 e. The lowest BCUT2D eigenvalue weighted by Crippen LogP contribution is -2.23. The molecule has 0 heterocycles. The van der Waals surface area contributed by atoms with Crippen LogP contribution < -0.4 is 0 Å². The summed E-state index contributed by atoms with van der Waals surface area (Å²) in [4.78, 5) is 0. The predicted octanol–water partition coefficient (Wildman–Crippen LogP) is 2.97. The Morgan fingerprint density at radius 1 is 1.50 bits per heavy atom. The van der Waals surface area contributed by atoms with Gasteiger partial charge in [-0.25, -0.2) is 0 Å². The molecule has 0 aromatic heterocycles. The van der Waals surface area contributed by atoms with Gasteiger partial charge in [-0.2, -0.15) is 0 Å². The van der Waals surface area contributed by atoms with Gasteiger partial charge < -0.3 is 5.11 Å². The van der Waals surface area contributed by atoms with Crippen LogP contribution in [0.2, 0.25) is 0 Å². The first-order valence-corrected chi connectivity index (χ1v) is 5.37. The third-order valence-electron chi connectivity index (χ3n) is 3.43. The molecule has 1 nitrogen and oxygen atoms in total. The van der Waals surface area contributed by atoms with Gasteiger partial charge in [0.1, 0.15) is 0 Å². The molecule has 0 saturated heterocycles. The van der Waals surface area contributed by atoms with Crippen molar-refractivity contribution in [2.24, 2.45) is 11.8 Å². The third kappa shape index (κ3) is 1.82. The number of unbranched alkanes of at least 4 members (excludes halogenated alkanes) is 1. The molecule has 1 heteroatoms. The second kappa shape index (κ2) is 3.78. The van der Waals surface area contributed by atoms with Gasteiger partial charge >= 0.3 is 0 Å². The zero-order chi connectivity index (χ0) is 9.19. The minimum atomic E-state index is -0.274. The summed E-state index contributed by atoms with van der Waals surface area (Å²) in [7, 11) is 0. The van der Waals surface area contributed by atoms with Gasteiger partial charge in [-0.1, -0.05) is 40.0 Å². The predicted molar refractivity (Wildman–Crippen MR) is 52.0 cm³/mol. The Hall–Kier alpha value is -0.0400. The van der Waals surface area contributed by atoms with Crippen molar-refractivity contribution in [2.45, 2.75) is 58.5 Å². The van der Waals surface area contributed by atoms with E-state index < -0.39 is 0 Å². The van der Waals surface area contributed by atoms with Crippen molar-refractivity contribution in [1.82, 2.24) is 0 Å². The van der Waals surface area contributed by atoms with Crippen LogP contribution >= 0.6 is 0 Å². The van der Waals surface area contributed by atoms with Crippen LogP contribution in [0, 0.1) is 11.8 Å². The molecule has 0 spiro atoms. The molecule has 1 aliphatic carbocycles. The lowest BCUT2D eigenvalue weighted by molar-refractivity contribution is 0.0596. The first kappa shape index (κ1) is 10.0. The van der Waals surface area contributed by atoms with Crippen LogP contribution in [0.1, 0.15) is 52.9 Å². The Labute approximate surface area is 76.2 Å². The molecule has 0 aliphatic heterocycles. The van der Waals surface area contributed by atoms with E-state index in [4.69, 9.17) is 0 Å². The van der Waals surface area contributed by atoms with Crippen LogP contribution in [-0.4, -0.2) is 10.7 Å². The van der Waals surface area contributed by atoms with E-state index in [-0.39, 0.29) is 5.60 Å². The molecule has 0 aromatic carbocycles. The molecule has 3 atom stereocenters. The van der Waals surface area contributed by atoms with Crippen LogP contribution in [-0.2, 0) is 0 Å². The number of hydrogen-bond acceptors (Lipinski definition) is 1. The second-order valence-corrected chi connectivity index (χ2v) is 4.34. The van der Waals surface area contributed by atoms with Gasteiger partial charge in [0.2, 0.25) is 0 Å². The molecule has 0 aromatic rings. The van der Waals surface area contributed by atoms with E-state index >= 15 is 0 Å². The maximum absolute atomic E-state index is 10.1. The zero-order valence-electron chi connectivity index (χ0n) is 8.64. The fourth-order valence-electron chi connectivity index (χ4n) is 2.26. The van der Waals surface area contributed by atoms with Gasteiger partial charge in [0.25, 0.3) is 0 Å². The molecule has 1 N–H and O–H groups in total. The average Bonchev–Trinajstić information content (AvgIpc) is 2.62. The Morgan fingerprint density at radius 3 is 2.42 bits per heavy atom. The lowest BCUT2D eigenvalue weighted by Gasteiger charge is -2.21. The zero-order valence-corrected chi connectivity index (χ0v) is 8.64. The van der Waals surface area contributed by atoms with Gasteiger partial charge in [0.15, 0.2) is 0 Å². The van der Waals surface area contributed by atoms with E-state index in [1.54, 1.807) is 0 Å². The molecule has 1 aliphatic rings. The van der Waals surface area contributed by atoms with E-state index in [0.29, 0.717) is 11.8 Å². The summed E-state index contributed by atoms with van der Waals surface area (Å²) in [5.74, 6) is 1.12. The van der Waals surface area contributed by atoms with Crippen molar-refractivity contribution in [2.75, 3.05) is 0 Å². The fraction of sp³-hybridized carbons (Fsp3) is 1.00. The van der Waals surface area contributed by atoms with E-state index in [9.17, 15) is 5.11 Å². The number of aliphatic hydroxyl groups is 1. The number of hydrogen-bond donors (Lipinski definition) is 1. The highest BCUT2D eigenvalue weighted by atomic mass is 16.3. The van der Waals surface area contributed by atoms with Crippen LogP contribution in [0.5, 0.6) is 0 Å². The summed E-state index contributed by atoms with van der Waals surface area (Å²) in [6.07, 6.45) is 5.92. The van der Waals surface area contributed by atoms with Crippen molar-refractivity contribution in [3.8, 4) is 0 Å². The molecular weight excluding hydrogens is 148 g/mol. The summed E-state index contributed by atoms with van der Waals surface area (Å²) in [6, 6.07) is 0. The van der Waals surface area contributed by atoms with Crippen molar-refractivity contribution in [1.29, 1.82) is 0 Å². The van der Waals surface area contributed by atoms with Crippen LogP contribution in [0.3, 0.4) is 0 Å². The molecule has 12 heavy (non-hydrogen) atoms. The molecule has 0 radical (unpaired) electrons. The topological polar surface area (TPSA) is 20.2 Å². The molecule has 3 unspecified atom stereocenters. The maximum atomic E-state index is 10.1. The highest BCUT2D eigenvalue weighted by Gasteiger charge is 2.53. The molecule has 1 rings (SSSR count). The summed E-state index contributed by atoms with van der Waals surface area (Å²) in [5, 5.41) is 10.1. The van der Waals surface area contributed by atoms with E-state index in [2.05, 4.69) is 20.8 Å². The Bertz CT molecular complexity index is 144. The molecule has 1 fully saturated rings. The largest absolute Gasteiger partial charge is 0.389 e. The first-order chi connectivity index (χ1) is 5.65. The van der Waals surface area contributed by atoms with Crippen LogP contribution in [0.4, 0.5) is 0 Å². The van der Waals surface area contributed by atoms with Gasteiger partial charge in [-0.3, -0.25) is 0 Å². The molecule has 0 amide bonds. The first-order valence-electron chi connectivity index (χ1n) is 5.37. The standard InChI is InChI=1S/C11H22O/c1-4-6-7-10(5-2)11(12)8-9(11)3/h9-10,12H,4-8H2,1-3H3. The summed E-state index contributed by atoms with van der Waals surface area (Å²) in [5.41, 5.74) is -0.274.